The van der Waals surface area contributed by atoms with Gasteiger partial charge < -0.3 is 14.8 Å². The molecule has 0 spiro atoms. The van der Waals surface area contributed by atoms with Crippen molar-refractivity contribution in [3.05, 3.63) is 95.1 Å². The largest absolute Gasteiger partial charge is 0.488 e. The second kappa shape index (κ2) is 9.95. The quantitative estimate of drug-likeness (QED) is 0.314. The summed E-state index contributed by atoms with van der Waals surface area (Å²) >= 11 is 0. The Kier molecular flexibility index (Phi) is 7.09. The maximum Gasteiger partial charge on any atom is 0.342 e. The summed E-state index contributed by atoms with van der Waals surface area (Å²) in [4.78, 5) is 24.8. The second-order valence-corrected chi connectivity index (χ2v) is 6.67. The van der Waals surface area contributed by atoms with Crippen LogP contribution in [0, 0.1) is 23.3 Å². The predicted molar refractivity (Wildman–Crippen MR) is 107 cm³/mol. The van der Waals surface area contributed by atoms with E-state index in [9.17, 15) is 27.2 Å². The molecule has 32 heavy (non-hydrogen) atoms. The van der Waals surface area contributed by atoms with Crippen LogP contribution in [0.1, 0.15) is 22.8 Å². The molecule has 3 aromatic rings. The van der Waals surface area contributed by atoms with Crippen LogP contribution in [0.15, 0.2) is 60.7 Å². The Morgan fingerprint density at radius 2 is 1.59 bits per heavy atom. The molecule has 1 amide bonds. The molecule has 166 valence electrons. The average molecular weight is 447 g/mol. The molecule has 5 nitrogen and oxygen atoms in total. The fraction of sp³-hybridized carbons (Fsp3) is 0.130. The van der Waals surface area contributed by atoms with E-state index in [1.165, 1.54) is 43.3 Å². The summed E-state index contributed by atoms with van der Waals surface area (Å²) in [7, 11) is 0. The van der Waals surface area contributed by atoms with Crippen LogP contribution in [0.5, 0.6) is 5.75 Å². The van der Waals surface area contributed by atoms with E-state index in [-0.39, 0.29) is 17.9 Å². The molecule has 1 atom stereocenters. The van der Waals surface area contributed by atoms with Crippen molar-refractivity contribution in [1.82, 2.24) is 0 Å². The van der Waals surface area contributed by atoms with E-state index in [1.807, 2.05) is 5.32 Å². The lowest BCUT2D eigenvalue weighted by Gasteiger charge is -2.16. The van der Waals surface area contributed by atoms with Crippen LogP contribution < -0.4 is 10.1 Å². The summed E-state index contributed by atoms with van der Waals surface area (Å²) in [5.74, 6) is -6.79. The Bertz CT molecular complexity index is 1140. The Morgan fingerprint density at radius 3 is 2.31 bits per heavy atom. The Hall–Kier alpha value is -3.88. The van der Waals surface area contributed by atoms with Gasteiger partial charge in [-0.2, -0.15) is 0 Å². The number of anilines is 1. The zero-order valence-electron chi connectivity index (χ0n) is 16.7. The van der Waals surface area contributed by atoms with Gasteiger partial charge in [0.25, 0.3) is 5.91 Å². The molecular weight excluding hydrogens is 430 g/mol. The molecule has 0 aromatic heterocycles. The van der Waals surface area contributed by atoms with E-state index in [0.717, 1.165) is 6.07 Å². The minimum absolute atomic E-state index is 0.0215. The first-order valence-corrected chi connectivity index (χ1v) is 9.38. The molecule has 9 heteroatoms. The lowest BCUT2D eigenvalue weighted by molar-refractivity contribution is -0.123. The third kappa shape index (κ3) is 5.42. The van der Waals surface area contributed by atoms with Gasteiger partial charge in [0.2, 0.25) is 0 Å². The fourth-order valence-corrected chi connectivity index (χ4v) is 2.64. The van der Waals surface area contributed by atoms with Crippen molar-refractivity contribution in [2.24, 2.45) is 0 Å². The van der Waals surface area contributed by atoms with Crippen molar-refractivity contribution in [3.63, 3.8) is 0 Å². The van der Waals surface area contributed by atoms with Gasteiger partial charge >= 0.3 is 5.97 Å². The Labute approximate surface area is 180 Å². The van der Waals surface area contributed by atoms with E-state index in [2.05, 4.69) is 0 Å². The van der Waals surface area contributed by atoms with Crippen LogP contribution in [0.25, 0.3) is 0 Å². The van der Waals surface area contributed by atoms with Crippen LogP contribution in [-0.2, 0) is 16.1 Å². The van der Waals surface area contributed by atoms with Crippen molar-refractivity contribution in [3.8, 4) is 5.75 Å². The fourth-order valence-electron chi connectivity index (χ4n) is 2.64. The summed E-state index contributed by atoms with van der Waals surface area (Å²) in [5.41, 5.74) is 0.0870. The molecule has 3 aromatic carbocycles. The zero-order valence-corrected chi connectivity index (χ0v) is 16.7. The predicted octanol–water partition coefficient (Wildman–Crippen LogP) is 5.01. The minimum Gasteiger partial charge on any atom is -0.488 e. The number of benzene rings is 3. The second-order valence-electron chi connectivity index (χ2n) is 6.67. The maximum absolute atomic E-state index is 13.7. The van der Waals surface area contributed by atoms with Gasteiger partial charge in [0.1, 0.15) is 23.7 Å². The first kappa shape index (κ1) is 22.8. The van der Waals surface area contributed by atoms with Crippen LogP contribution in [0.2, 0.25) is 0 Å². The van der Waals surface area contributed by atoms with E-state index in [1.54, 1.807) is 12.1 Å². The summed E-state index contributed by atoms with van der Waals surface area (Å²) in [6.45, 7) is 1.28. The van der Waals surface area contributed by atoms with Crippen LogP contribution in [0.3, 0.4) is 0 Å². The highest BCUT2D eigenvalue weighted by Gasteiger charge is 2.23. The number of halogens is 4. The number of esters is 1. The maximum atomic E-state index is 13.7. The molecule has 0 aliphatic carbocycles. The molecule has 1 unspecified atom stereocenters. The number of nitrogens with one attached hydrogen (secondary N) is 1. The molecule has 3 rings (SSSR count). The summed E-state index contributed by atoms with van der Waals surface area (Å²) < 4.78 is 63.8. The van der Waals surface area contributed by atoms with Crippen molar-refractivity contribution in [2.75, 3.05) is 5.32 Å². The zero-order chi connectivity index (χ0) is 23.3. The number of ether oxygens (including phenoxy) is 2. The third-order valence-corrected chi connectivity index (χ3v) is 4.36. The number of amides is 1. The van der Waals surface area contributed by atoms with Gasteiger partial charge in [0.05, 0.1) is 5.69 Å². The molecule has 1 N–H and O–H groups in total. The van der Waals surface area contributed by atoms with Crippen LogP contribution >= 0.6 is 0 Å². The minimum atomic E-state index is -1.74. The molecule has 0 saturated carbocycles. The highest BCUT2D eigenvalue weighted by molar-refractivity contribution is 5.98. The molecule has 0 saturated heterocycles. The van der Waals surface area contributed by atoms with E-state index < -0.39 is 46.9 Å². The highest BCUT2D eigenvalue weighted by atomic mass is 19.2. The van der Waals surface area contributed by atoms with Gasteiger partial charge in [-0.05, 0) is 48.9 Å². The average Bonchev–Trinajstić information content (AvgIpc) is 2.79. The standard InChI is InChI=1S/C23H17F4NO4/c1-13(22(29)28-18-11-10-17(25)20(26)21(18)27)32-23(30)16-4-2-3-5-19(16)31-12-14-6-8-15(24)9-7-14/h2-11,13H,12H2,1H3,(H,28,29). The number of carbonyl (C=O) groups excluding carboxylic acids is 2. The van der Waals surface area contributed by atoms with Crippen molar-refractivity contribution < 1.29 is 36.6 Å². The first-order valence-electron chi connectivity index (χ1n) is 9.38. The summed E-state index contributed by atoms with van der Waals surface area (Å²) in [5, 5.41) is 2.04. The first-order chi connectivity index (χ1) is 15.3. The molecule has 0 bridgehead atoms. The van der Waals surface area contributed by atoms with Gasteiger partial charge in [-0.15, -0.1) is 0 Å². The monoisotopic (exact) mass is 447 g/mol. The van der Waals surface area contributed by atoms with Gasteiger partial charge in [0.15, 0.2) is 23.6 Å². The van der Waals surface area contributed by atoms with E-state index in [0.29, 0.717) is 11.6 Å². The number of para-hydroxylation sites is 1. The molecule has 0 fully saturated rings. The molecule has 0 aliphatic rings. The summed E-state index contributed by atoms with van der Waals surface area (Å²) in [6.07, 6.45) is -1.39. The van der Waals surface area contributed by atoms with E-state index >= 15 is 0 Å². The highest BCUT2D eigenvalue weighted by Crippen LogP contribution is 2.22. The van der Waals surface area contributed by atoms with Gasteiger partial charge in [-0.1, -0.05) is 24.3 Å². The lowest BCUT2D eigenvalue weighted by Crippen LogP contribution is -2.30. The number of hydrogen-bond donors (Lipinski definition) is 1. The SMILES string of the molecule is CC(OC(=O)c1ccccc1OCc1ccc(F)cc1)C(=O)Nc1ccc(F)c(F)c1F. The van der Waals surface area contributed by atoms with Gasteiger partial charge in [-0.3, -0.25) is 4.79 Å². The van der Waals surface area contributed by atoms with Crippen LogP contribution in [-0.4, -0.2) is 18.0 Å². The molecule has 0 aliphatic heterocycles. The lowest BCUT2D eigenvalue weighted by atomic mass is 10.2. The number of hydrogen-bond acceptors (Lipinski definition) is 4. The number of carbonyl (C=O) groups is 2. The molecule has 0 radical (unpaired) electrons. The third-order valence-electron chi connectivity index (χ3n) is 4.36. The summed E-state index contributed by atoms with van der Waals surface area (Å²) in [6, 6.07) is 13.2. The molecular formula is C23H17F4NO4. The normalized spacial score (nSPS) is 11.5. The topological polar surface area (TPSA) is 64.6 Å². The van der Waals surface area contributed by atoms with Gasteiger partial charge in [0, 0.05) is 0 Å². The van der Waals surface area contributed by atoms with Crippen LogP contribution in [0.4, 0.5) is 23.2 Å². The van der Waals surface area contributed by atoms with Gasteiger partial charge in [-0.25, -0.2) is 22.4 Å². The Balaban J connectivity index is 1.65. The van der Waals surface area contributed by atoms with Crippen molar-refractivity contribution in [2.45, 2.75) is 19.6 Å². The van der Waals surface area contributed by atoms with Crippen molar-refractivity contribution in [1.29, 1.82) is 0 Å². The number of rotatable bonds is 7. The molecule has 0 heterocycles. The van der Waals surface area contributed by atoms with Crippen molar-refractivity contribution >= 4 is 17.6 Å². The smallest absolute Gasteiger partial charge is 0.342 e. The Morgan fingerprint density at radius 1 is 0.906 bits per heavy atom. The van der Waals surface area contributed by atoms with E-state index in [4.69, 9.17) is 9.47 Å².